The van der Waals surface area contributed by atoms with Crippen LogP contribution in [-0.4, -0.2) is 36.1 Å². The summed E-state index contributed by atoms with van der Waals surface area (Å²) in [6, 6.07) is 6.95. The number of aromatic nitrogens is 1. The van der Waals surface area contributed by atoms with Crippen LogP contribution >= 0.6 is 0 Å². The number of ether oxygens (including phenoxy) is 1. The molecule has 10 nitrogen and oxygen atoms in total. The highest BCUT2D eigenvalue weighted by molar-refractivity contribution is 5.95. The van der Waals surface area contributed by atoms with Crippen LogP contribution in [-0.2, 0) is 4.79 Å². The van der Waals surface area contributed by atoms with Crippen molar-refractivity contribution < 1.29 is 19.4 Å². The van der Waals surface area contributed by atoms with Crippen LogP contribution in [0.3, 0.4) is 0 Å². The van der Waals surface area contributed by atoms with Gasteiger partial charge in [-0.2, -0.15) is 0 Å². The molecule has 3 rings (SSSR count). The fourth-order valence-corrected chi connectivity index (χ4v) is 3.04. The molecule has 1 aromatic carbocycles. The number of hydrogen-bond donors (Lipinski definition) is 6. The largest absolute Gasteiger partial charge is 0.494 e. The first-order valence-electron chi connectivity index (χ1n) is 10.9. The van der Waals surface area contributed by atoms with Crippen molar-refractivity contribution in [1.82, 2.24) is 21.2 Å². The number of nitrogens with one attached hydrogen (secondary N) is 4. The van der Waals surface area contributed by atoms with Gasteiger partial charge in [-0.25, -0.2) is 9.78 Å². The van der Waals surface area contributed by atoms with Gasteiger partial charge < -0.3 is 26.2 Å². The van der Waals surface area contributed by atoms with Gasteiger partial charge in [0.1, 0.15) is 23.0 Å². The van der Waals surface area contributed by atoms with Crippen molar-refractivity contribution >= 4 is 17.6 Å². The first-order valence-corrected chi connectivity index (χ1v) is 10.9. The Morgan fingerprint density at radius 1 is 1.18 bits per heavy atom. The second kappa shape index (κ2) is 12.1. The minimum atomic E-state index is -1.09. The summed E-state index contributed by atoms with van der Waals surface area (Å²) in [5.41, 5.74) is 14.7. The van der Waals surface area contributed by atoms with Crippen molar-refractivity contribution in [3.8, 4) is 16.9 Å². The van der Waals surface area contributed by atoms with E-state index in [1.807, 2.05) is 12.1 Å². The van der Waals surface area contributed by atoms with Crippen LogP contribution in [0.5, 0.6) is 5.75 Å². The minimum absolute atomic E-state index is 0.0359. The number of carbonyl (C=O) groups is 2. The normalized spacial score (nSPS) is 12.3. The maximum absolute atomic E-state index is 12.2. The Labute approximate surface area is 199 Å². The number of unbranched alkanes of at least 4 members (excludes halogenated alkanes) is 1. The maximum atomic E-state index is 12.2. The molecule has 182 valence electrons. The van der Waals surface area contributed by atoms with Crippen molar-refractivity contribution in [2.75, 3.05) is 19.5 Å². The Kier molecular flexibility index (Phi) is 9.30. The number of carboxylic acid groups (broad SMARTS) is 1. The van der Waals surface area contributed by atoms with E-state index in [0.29, 0.717) is 28.5 Å². The third-order valence-electron chi connectivity index (χ3n) is 4.96. The molecule has 34 heavy (non-hydrogen) atoms. The molecule has 7 N–H and O–H groups in total. The molecular weight excluding hydrogens is 436 g/mol. The molecule has 0 bridgehead atoms. The summed E-state index contributed by atoms with van der Waals surface area (Å²) in [6.45, 7) is 6.16. The molecule has 1 amide bonds. The lowest BCUT2D eigenvalue weighted by molar-refractivity contribution is -0.117. The molecule has 0 atom stereocenters. The molecule has 0 unspecified atom stereocenters. The topological polar surface area (TPSA) is 151 Å². The zero-order valence-electron chi connectivity index (χ0n) is 20.1. The van der Waals surface area contributed by atoms with Gasteiger partial charge in [-0.05, 0) is 24.6 Å². The predicted octanol–water partition coefficient (Wildman–Crippen LogP) is 2.85. The zero-order valence-corrected chi connectivity index (χ0v) is 20.1. The summed E-state index contributed by atoms with van der Waals surface area (Å²) >= 11 is 0. The van der Waals surface area contributed by atoms with Gasteiger partial charge in [0.15, 0.2) is 0 Å². The van der Waals surface area contributed by atoms with E-state index in [4.69, 9.17) is 15.6 Å². The van der Waals surface area contributed by atoms with Crippen molar-refractivity contribution in [1.29, 1.82) is 0 Å². The van der Waals surface area contributed by atoms with Crippen LogP contribution in [0.2, 0.25) is 0 Å². The molecule has 0 saturated carbocycles. The van der Waals surface area contributed by atoms with Gasteiger partial charge in [0.2, 0.25) is 0 Å². The van der Waals surface area contributed by atoms with Crippen molar-refractivity contribution in [3.05, 3.63) is 65.0 Å². The smallest absolute Gasteiger partial charge is 0.354 e. The van der Waals surface area contributed by atoms with Gasteiger partial charge in [0.05, 0.1) is 18.5 Å². The molecule has 0 spiro atoms. The average Bonchev–Trinajstić information content (AvgIpc) is 2.83. The van der Waals surface area contributed by atoms with E-state index >= 15 is 0 Å². The van der Waals surface area contributed by atoms with Crippen LogP contribution < -0.4 is 32.0 Å². The van der Waals surface area contributed by atoms with E-state index in [-0.39, 0.29) is 17.3 Å². The van der Waals surface area contributed by atoms with E-state index < -0.39 is 5.97 Å². The number of likely N-dealkylation sites (N-methyl/N-ethyl adjacent to an activating group) is 1. The fourth-order valence-electron chi connectivity index (χ4n) is 3.04. The number of rotatable bonds is 7. The minimum Gasteiger partial charge on any atom is -0.494 e. The highest BCUT2D eigenvalue weighted by atomic mass is 16.5. The Balaban J connectivity index is 0.000000945. The number of nitrogens with two attached hydrogens (primary N) is 1. The number of hydrazine groups is 1. The number of aryl methyl sites for hydroxylation is 1. The van der Waals surface area contributed by atoms with Gasteiger partial charge in [0.25, 0.3) is 5.91 Å². The van der Waals surface area contributed by atoms with Crippen molar-refractivity contribution in [2.24, 2.45) is 5.73 Å². The lowest BCUT2D eigenvalue weighted by Crippen LogP contribution is -2.43. The third-order valence-corrected chi connectivity index (χ3v) is 4.96. The second-order valence-corrected chi connectivity index (χ2v) is 7.42. The Hall–Kier alpha value is -4.21. The number of hydrogen-bond acceptors (Lipinski definition) is 8. The number of carboxylic acids is 1. The fraction of sp³-hybridized carbons (Fsp3) is 0.292. The lowest BCUT2D eigenvalue weighted by Gasteiger charge is -2.23. The predicted molar refractivity (Wildman–Crippen MR) is 132 cm³/mol. The molecular formula is C24H32N6O4. The first-order chi connectivity index (χ1) is 16.3. The van der Waals surface area contributed by atoms with E-state index in [0.717, 1.165) is 11.1 Å². The number of amides is 1. The number of benzene rings is 1. The summed E-state index contributed by atoms with van der Waals surface area (Å²) < 4.78 is 5.64. The number of para-hydroxylation sites is 1. The number of aromatic carboxylic acids is 1. The van der Waals surface area contributed by atoms with Crippen LogP contribution in [0.4, 0.5) is 5.69 Å². The summed E-state index contributed by atoms with van der Waals surface area (Å²) in [4.78, 5) is 27.4. The standard InChI is InChI=1S/C20H22N6O4.C4H10/c1-10-7-15(20(28)29)23-9-12(10)11-5-4-6-13(18(11)30-3)24-14-8-16(21)25-26-17(14)19(27)22-2;1-3-4-2/h4-9,24-26H,21H2,1-3H3,(H,22,27)(H,28,29);3-4H2,1-2H3. The molecule has 2 aromatic rings. The van der Waals surface area contributed by atoms with Gasteiger partial charge >= 0.3 is 5.97 Å². The number of carbonyl (C=O) groups excluding carboxylic acids is 1. The van der Waals surface area contributed by atoms with Crippen LogP contribution in [0.1, 0.15) is 42.7 Å². The first kappa shape index (κ1) is 26.0. The van der Waals surface area contributed by atoms with Gasteiger partial charge in [-0.3, -0.25) is 15.6 Å². The highest BCUT2D eigenvalue weighted by Gasteiger charge is 2.20. The summed E-state index contributed by atoms with van der Waals surface area (Å²) in [6.07, 6.45) is 5.72. The molecule has 2 heterocycles. The molecule has 0 aliphatic carbocycles. The van der Waals surface area contributed by atoms with Crippen LogP contribution in [0.15, 0.2) is 53.8 Å². The Morgan fingerprint density at radius 2 is 1.88 bits per heavy atom. The number of methoxy groups -OCH3 is 1. The van der Waals surface area contributed by atoms with Crippen molar-refractivity contribution in [2.45, 2.75) is 33.6 Å². The molecule has 0 fully saturated rings. The number of nitrogens with zero attached hydrogens (tertiary/aromatic N) is 1. The van der Waals surface area contributed by atoms with E-state index in [2.05, 4.69) is 40.3 Å². The maximum Gasteiger partial charge on any atom is 0.354 e. The van der Waals surface area contributed by atoms with Crippen LogP contribution in [0.25, 0.3) is 11.1 Å². The second-order valence-electron chi connectivity index (χ2n) is 7.42. The van der Waals surface area contributed by atoms with Crippen molar-refractivity contribution in [3.63, 3.8) is 0 Å². The summed E-state index contributed by atoms with van der Waals surface area (Å²) in [5, 5.41) is 14.9. The van der Waals surface area contributed by atoms with E-state index in [9.17, 15) is 9.59 Å². The lowest BCUT2D eigenvalue weighted by atomic mass is 10.00. The summed E-state index contributed by atoms with van der Waals surface area (Å²) in [7, 11) is 3.05. The number of allylic oxidation sites excluding steroid dienone is 1. The number of anilines is 1. The van der Waals surface area contributed by atoms with Gasteiger partial charge in [0, 0.05) is 30.4 Å². The zero-order chi connectivity index (χ0) is 25.3. The molecule has 0 saturated heterocycles. The highest BCUT2D eigenvalue weighted by Crippen LogP contribution is 2.38. The molecule has 1 aromatic heterocycles. The monoisotopic (exact) mass is 468 g/mol. The Morgan fingerprint density at radius 3 is 2.44 bits per heavy atom. The Bertz CT molecular complexity index is 1110. The van der Waals surface area contributed by atoms with Gasteiger partial charge in [-0.15, -0.1) is 0 Å². The van der Waals surface area contributed by atoms with E-state index in [1.54, 1.807) is 19.1 Å². The molecule has 10 heteroatoms. The van der Waals surface area contributed by atoms with Crippen LogP contribution in [0, 0.1) is 6.92 Å². The molecule has 1 aliphatic rings. The number of pyridine rings is 1. The molecule has 0 radical (unpaired) electrons. The quantitative estimate of drug-likeness (QED) is 0.360. The third kappa shape index (κ3) is 6.18. The van der Waals surface area contributed by atoms with Gasteiger partial charge in [-0.1, -0.05) is 38.8 Å². The van der Waals surface area contributed by atoms with E-state index in [1.165, 1.54) is 39.3 Å². The average molecular weight is 469 g/mol. The molecule has 1 aliphatic heterocycles. The SMILES string of the molecule is CCCC.CNC(=O)C1=C(Nc2cccc(-c3cnc(C(=O)O)cc3C)c2OC)C=C(N)NN1. The summed E-state index contributed by atoms with van der Waals surface area (Å²) in [5.74, 6) is -0.610.